The van der Waals surface area contributed by atoms with Gasteiger partial charge in [0.25, 0.3) is 0 Å². The first kappa shape index (κ1) is 24.3. The molecule has 3 aliphatic rings. The lowest BCUT2D eigenvalue weighted by atomic mass is 9.86. The quantitative estimate of drug-likeness (QED) is 0.599. The normalized spacial score (nSPS) is 22.2. The molecule has 1 saturated heterocycles. The van der Waals surface area contributed by atoms with Crippen molar-refractivity contribution in [1.29, 1.82) is 0 Å². The third kappa shape index (κ3) is 4.60. The number of benzene rings is 2. The van der Waals surface area contributed by atoms with E-state index in [1.807, 2.05) is 49.6 Å². The van der Waals surface area contributed by atoms with Crippen LogP contribution < -0.4 is 9.64 Å². The van der Waals surface area contributed by atoms with Crippen LogP contribution in [0.3, 0.4) is 0 Å². The molecule has 35 heavy (non-hydrogen) atoms. The maximum absolute atomic E-state index is 12.9. The first-order valence-corrected chi connectivity index (χ1v) is 13.7. The van der Waals surface area contributed by atoms with Crippen LogP contribution in [0.1, 0.15) is 62.8 Å². The fourth-order valence-electron chi connectivity index (χ4n) is 5.79. The average molecular weight is 497 g/mol. The van der Waals surface area contributed by atoms with Crippen molar-refractivity contribution in [1.82, 2.24) is 4.90 Å². The van der Waals surface area contributed by atoms with Gasteiger partial charge < -0.3 is 24.4 Å². The molecule has 6 nitrogen and oxygen atoms in total. The largest absolute Gasteiger partial charge is 0.497 e. The van der Waals surface area contributed by atoms with Crippen molar-refractivity contribution in [2.75, 3.05) is 37.4 Å². The number of amides is 1. The van der Waals surface area contributed by atoms with Crippen LogP contribution in [0, 0.1) is 0 Å². The molecule has 0 aromatic heterocycles. The number of aliphatic hydroxyl groups excluding tert-OH is 1. The Morgan fingerprint density at radius 2 is 2.00 bits per heavy atom. The Hall–Kier alpha value is -2.38. The molecule has 1 N–H and O–H groups in total. The summed E-state index contributed by atoms with van der Waals surface area (Å²) in [4.78, 5) is 17.4. The molecular formula is C28H36N2O4S. The SMILES string of the molecule is COc1ccc(-c2cc3c4c(c2)[C@@H]2CN(C(=O)OC(C)(C)C)CC[C@@H]2N4CCSC3)c(C(C)O)c1. The number of anilines is 1. The van der Waals surface area contributed by atoms with Gasteiger partial charge >= 0.3 is 6.09 Å². The number of ether oxygens (including phenoxy) is 2. The lowest BCUT2D eigenvalue weighted by Gasteiger charge is -2.39. The average Bonchev–Trinajstić information content (AvgIpc) is 2.96. The number of fused-ring (bicyclic) bond motifs is 3. The molecule has 0 radical (unpaired) electrons. The summed E-state index contributed by atoms with van der Waals surface area (Å²) in [5.74, 6) is 3.07. The van der Waals surface area contributed by atoms with E-state index in [0.29, 0.717) is 12.6 Å². The number of hydrogen-bond donors (Lipinski definition) is 1. The number of thioether (sulfide) groups is 1. The van der Waals surface area contributed by atoms with Crippen molar-refractivity contribution < 1.29 is 19.4 Å². The van der Waals surface area contributed by atoms with Crippen LogP contribution in [0.15, 0.2) is 30.3 Å². The van der Waals surface area contributed by atoms with Crippen LogP contribution in [0.4, 0.5) is 10.5 Å². The molecule has 1 unspecified atom stereocenters. The van der Waals surface area contributed by atoms with Crippen molar-refractivity contribution in [3.63, 3.8) is 0 Å². The summed E-state index contributed by atoms with van der Waals surface area (Å²) in [5, 5.41) is 10.6. The van der Waals surface area contributed by atoms with Crippen LogP contribution in [0.2, 0.25) is 0 Å². The van der Waals surface area contributed by atoms with Gasteiger partial charge in [0, 0.05) is 48.8 Å². The Labute approximate surface area is 212 Å². The van der Waals surface area contributed by atoms with Crippen LogP contribution in [-0.4, -0.2) is 60.2 Å². The second-order valence-corrected chi connectivity index (χ2v) is 11.9. The van der Waals surface area contributed by atoms with Gasteiger partial charge in [-0.25, -0.2) is 4.79 Å². The molecule has 0 spiro atoms. The summed E-state index contributed by atoms with van der Waals surface area (Å²) in [6, 6.07) is 11.0. The second-order valence-electron chi connectivity index (χ2n) is 10.8. The standard InChI is InChI=1S/C28H36N2O4S/c1-17(31)22-14-20(33-5)6-7-21(22)18-12-19-16-35-11-10-30-25-8-9-29(27(32)34-28(2,3)4)15-24(25)23(13-18)26(19)30/h6-7,12-14,17,24-25,31H,8-11,15-16H2,1-5H3/t17?,24-,25-/m0/s1. The first-order valence-electron chi connectivity index (χ1n) is 12.5. The number of nitrogens with zero attached hydrogens (tertiary/aromatic N) is 2. The minimum atomic E-state index is -0.608. The van der Waals surface area contributed by atoms with E-state index in [-0.39, 0.29) is 12.0 Å². The molecule has 5 rings (SSSR count). The van der Waals surface area contributed by atoms with Crippen LogP contribution in [0.25, 0.3) is 11.1 Å². The van der Waals surface area contributed by atoms with E-state index >= 15 is 0 Å². The summed E-state index contributed by atoms with van der Waals surface area (Å²) in [6.07, 6.45) is 0.115. The number of carbonyl (C=O) groups excluding carboxylic acids is 1. The monoisotopic (exact) mass is 496 g/mol. The molecule has 0 aliphatic carbocycles. The minimum Gasteiger partial charge on any atom is -0.497 e. The fraction of sp³-hybridized carbons (Fsp3) is 0.536. The Kier molecular flexibility index (Phi) is 6.43. The second kappa shape index (κ2) is 9.25. The van der Waals surface area contributed by atoms with Gasteiger partial charge in [0.2, 0.25) is 0 Å². The summed E-state index contributed by atoms with van der Waals surface area (Å²) < 4.78 is 11.1. The van der Waals surface area contributed by atoms with Crippen molar-refractivity contribution in [2.24, 2.45) is 0 Å². The zero-order valence-corrected chi connectivity index (χ0v) is 22.2. The molecule has 2 aromatic carbocycles. The van der Waals surface area contributed by atoms with Gasteiger partial charge in [0.05, 0.1) is 13.2 Å². The van der Waals surface area contributed by atoms with Gasteiger partial charge in [-0.2, -0.15) is 11.8 Å². The highest BCUT2D eigenvalue weighted by molar-refractivity contribution is 7.98. The van der Waals surface area contributed by atoms with Gasteiger partial charge in [-0.15, -0.1) is 0 Å². The predicted octanol–water partition coefficient (Wildman–Crippen LogP) is 5.58. The first-order chi connectivity index (χ1) is 16.7. The topological polar surface area (TPSA) is 62.2 Å². The smallest absolute Gasteiger partial charge is 0.410 e. The number of piperidine rings is 1. The van der Waals surface area contributed by atoms with Gasteiger partial charge in [0.1, 0.15) is 11.4 Å². The number of methoxy groups -OCH3 is 1. The highest BCUT2D eigenvalue weighted by Crippen LogP contribution is 2.50. The van der Waals surface area contributed by atoms with Crippen molar-refractivity contribution in [3.05, 3.63) is 47.0 Å². The molecule has 188 valence electrons. The molecule has 1 fully saturated rings. The highest BCUT2D eigenvalue weighted by atomic mass is 32.2. The van der Waals surface area contributed by atoms with Gasteiger partial charge in [-0.3, -0.25) is 0 Å². The van der Waals surface area contributed by atoms with E-state index in [1.165, 1.54) is 16.8 Å². The number of hydrogen-bond acceptors (Lipinski definition) is 6. The molecular weight excluding hydrogens is 460 g/mol. The molecule has 3 heterocycles. The zero-order chi connectivity index (χ0) is 24.9. The van der Waals surface area contributed by atoms with E-state index in [1.54, 1.807) is 14.0 Å². The molecule has 3 atom stereocenters. The lowest BCUT2D eigenvalue weighted by Crippen LogP contribution is -2.49. The van der Waals surface area contributed by atoms with Crippen LogP contribution >= 0.6 is 11.8 Å². The van der Waals surface area contributed by atoms with E-state index in [9.17, 15) is 9.90 Å². The molecule has 0 bridgehead atoms. The van der Waals surface area contributed by atoms with Crippen LogP contribution in [0.5, 0.6) is 5.75 Å². The third-order valence-electron chi connectivity index (χ3n) is 7.29. The van der Waals surface area contributed by atoms with E-state index < -0.39 is 11.7 Å². The molecule has 2 aromatic rings. The number of aliphatic hydroxyl groups is 1. The number of likely N-dealkylation sites (tertiary alicyclic amines) is 1. The van der Waals surface area contributed by atoms with Gasteiger partial charge in [-0.1, -0.05) is 6.07 Å². The summed E-state index contributed by atoms with van der Waals surface area (Å²) in [7, 11) is 1.65. The zero-order valence-electron chi connectivity index (χ0n) is 21.3. The van der Waals surface area contributed by atoms with E-state index in [2.05, 4.69) is 23.1 Å². The van der Waals surface area contributed by atoms with Crippen molar-refractivity contribution in [3.8, 4) is 16.9 Å². The predicted molar refractivity (Wildman–Crippen MR) is 142 cm³/mol. The summed E-state index contributed by atoms with van der Waals surface area (Å²) >= 11 is 1.98. The van der Waals surface area contributed by atoms with Crippen LogP contribution in [-0.2, 0) is 10.5 Å². The molecule has 0 saturated carbocycles. The molecule has 7 heteroatoms. The maximum Gasteiger partial charge on any atom is 0.410 e. The summed E-state index contributed by atoms with van der Waals surface area (Å²) in [5.41, 5.74) is 6.56. The van der Waals surface area contributed by atoms with Crippen molar-refractivity contribution in [2.45, 2.75) is 63.5 Å². The van der Waals surface area contributed by atoms with E-state index in [0.717, 1.165) is 53.5 Å². The van der Waals surface area contributed by atoms with Crippen molar-refractivity contribution >= 4 is 23.5 Å². The Morgan fingerprint density at radius 1 is 1.20 bits per heavy atom. The minimum absolute atomic E-state index is 0.221. The Balaban J connectivity index is 1.57. The van der Waals surface area contributed by atoms with E-state index in [4.69, 9.17) is 9.47 Å². The number of rotatable bonds is 3. The lowest BCUT2D eigenvalue weighted by molar-refractivity contribution is 0.0189. The fourth-order valence-corrected chi connectivity index (χ4v) is 6.70. The third-order valence-corrected chi connectivity index (χ3v) is 8.27. The molecule has 1 amide bonds. The number of carbonyl (C=O) groups is 1. The summed E-state index contributed by atoms with van der Waals surface area (Å²) in [6.45, 7) is 9.99. The van der Waals surface area contributed by atoms with Gasteiger partial charge in [-0.05, 0) is 86.2 Å². The Bertz CT molecular complexity index is 1130. The maximum atomic E-state index is 12.9. The Morgan fingerprint density at radius 3 is 2.71 bits per heavy atom. The van der Waals surface area contributed by atoms with Gasteiger partial charge in [0.15, 0.2) is 0 Å². The molecule has 3 aliphatic heterocycles. The highest BCUT2D eigenvalue weighted by Gasteiger charge is 2.45.